The Labute approximate surface area is 129 Å². The van der Waals surface area contributed by atoms with Gasteiger partial charge in [-0.15, -0.1) is 0 Å². The number of hydrogen-bond acceptors (Lipinski definition) is 4. The molecule has 0 aromatic heterocycles. The molecule has 0 aliphatic heterocycles. The molecule has 0 amide bonds. The van der Waals surface area contributed by atoms with E-state index in [1.807, 2.05) is 6.07 Å². The van der Waals surface area contributed by atoms with Crippen LogP contribution in [0.3, 0.4) is 0 Å². The van der Waals surface area contributed by atoms with Gasteiger partial charge < -0.3 is 19.7 Å². The number of nitrogens with zero attached hydrogens (tertiary/aromatic N) is 1. The highest BCUT2D eigenvalue weighted by Crippen LogP contribution is 2.23. The monoisotopic (exact) mass is 294 g/mol. The second-order valence-electron chi connectivity index (χ2n) is 5.10. The summed E-state index contributed by atoms with van der Waals surface area (Å²) in [6, 6.07) is 6.07. The van der Waals surface area contributed by atoms with Gasteiger partial charge in [-0.05, 0) is 50.2 Å². The minimum absolute atomic E-state index is 0.860. The lowest BCUT2D eigenvalue weighted by Crippen LogP contribution is -2.32. The average molecular weight is 294 g/mol. The third-order valence-corrected chi connectivity index (χ3v) is 3.73. The van der Waals surface area contributed by atoms with Crippen LogP contribution in [0.4, 0.5) is 0 Å². The molecule has 0 bridgehead atoms. The SMILES string of the molecule is CCN(CC)CCNCCCc1cc(OC)cc(OC)c1. The molecule has 0 radical (unpaired) electrons. The van der Waals surface area contributed by atoms with E-state index in [0.717, 1.165) is 57.1 Å². The van der Waals surface area contributed by atoms with Crippen LogP contribution in [-0.2, 0) is 6.42 Å². The van der Waals surface area contributed by atoms with Crippen LogP contribution in [0.5, 0.6) is 11.5 Å². The molecule has 0 saturated carbocycles. The first kappa shape index (κ1) is 17.8. The van der Waals surface area contributed by atoms with E-state index in [0.29, 0.717) is 0 Å². The molecule has 0 spiro atoms. The lowest BCUT2D eigenvalue weighted by atomic mass is 10.1. The van der Waals surface area contributed by atoms with Gasteiger partial charge in [0.2, 0.25) is 0 Å². The van der Waals surface area contributed by atoms with Gasteiger partial charge in [0.15, 0.2) is 0 Å². The van der Waals surface area contributed by atoms with Crippen LogP contribution in [0, 0.1) is 0 Å². The summed E-state index contributed by atoms with van der Waals surface area (Å²) in [6.45, 7) is 9.90. The highest BCUT2D eigenvalue weighted by atomic mass is 16.5. The number of nitrogens with one attached hydrogen (secondary N) is 1. The zero-order valence-corrected chi connectivity index (χ0v) is 13.9. The number of benzene rings is 1. The lowest BCUT2D eigenvalue weighted by molar-refractivity contribution is 0.302. The lowest BCUT2D eigenvalue weighted by Gasteiger charge is -2.18. The van der Waals surface area contributed by atoms with Gasteiger partial charge in [-0.2, -0.15) is 0 Å². The molecule has 4 nitrogen and oxygen atoms in total. The van der Waals surface area contributed by atoms with Crippen LogP contribution in [-0.4, -0.2) is 51.8 Å². The molecule has 0 fully saturated rings. The molecule has 0 atom stereocenters. The summed E-state index contributed by atoms with van der Waals surface area (Å²) in [6.07, 6.45) is 2.15. The van der Waals surface area contributed by atoms with Crippen molar-refractivity contribution in [3.63, 3.8) is 0 Å². The molecule has 4 heteroatoms. The zero-order valence-electron chi connectivity index (χ0n) is 13.9. The second-order valence-corrected chi connectivity index (χ2v) is 5.10. The second kappa shape index (κ2) is 10.5. The summed E-state index contributed by atoms with van der Waals surface area (Å²) in [5.74, 6) is 1.72. The summed E-state index contributed by atoms with van der Waals surface area (Å²) < 4.78 is 10.6. The number of hydrogen-bond donors (Lipinski definition) is 1. The Balaban J connectivity index is 2.26. The number of methoxy groups -OCH3 is 2. The van der Waals surface area contributed by atoms with Crippen molar-refractivity contribution in [3.05, 3.63) is 23.8 Å². The van der Waals surface area contributed by atoms with E-state index >= 15 is 0 Å². The highest BCUT2D eigenvalue weighted by Gasteiger charge is 2.02. The molecule has 0 saturated heterocycles. The van der Waals surface area contributed by atoms with Crippen LogP contribution in [0.2, 0.25) is 0 Å². The van der Waals surface area contributed by atoms with Crippen LogP contribution < -0.4 is 14.8 Å². The largest absolute Gasteiger partial charge is 0.497 e. The molecule has 1 N–H and O–H groups in total. The van der Waals surface area contributed by atoms with Crippen molar-refractivity contribution in [1.29, 1.82) is 0 Å². The predicted octanol–water partition coefficient (Wildman–Crippen LogP) is 2.57. The van der Waals surface area contributed by atoms with Gasteiger partial charge in [0.05, 0.1) is 14.2 Å². The Morgan fingerprint density at radius 2 is 1.57 bits per heavy atom. The topological polar surface area (TPSA) is 33.7 Å². The first-order chi connectivity index (χ1) is 10.2. The van der Waals surface area contributed by atoms with E-state index in [9.17, 15) is 0 Å². The van der Waals surface area contributed by atoms with Crippen molar-refractivity contribution in [2.75, 3.05) is 46.9 Å². The molecule has 0 unspecified atom stereocenters. The Hall–Kier alpha value is -1.26. The van der Waals surface area contributed by atoms with Gasteiger partial charge in [0.25, 0.3) is 0 Å². The Morgan fingerprint density at radius 3 is 2.10 bits per heavy atom. The number of likely N-dealkylation sites (N-methyl/N-ethyl adjacent to an activating group) is 1. The molecular formula is C17H30N2O2. The van der Waals surface area contributed by atoms with Crippen LogP contribution in [0.1, 0.15) is 25.8 Å². The molecule has 1 aromatic rings. The number of ether oxygens (including phenoxy) is 2. The predicted molar refractivity (Wildman–Crippen MR) is 88.5 cm³/mol. The average Bonchev–Trinajstić information content (AvgIpc) is 2.53. The maximum Gasteiger partial charge on any atom is 0.122 e. The van der Waals surface area contributed by atoms with Crippen molar-refractivity contribution >= 4 is 0 Å². The molecule has 1 aromatic carbocycles. The Kier molecular flexibility index (Phi) is 8.87. The zero-order chi connectivity index (χ0) is 15.5. The minimum Gasteiger partial charge on any atom is -0.497 e. The third kappa shape index (κ3) is 6.82. The van der Waals surface area contributed by atoms with Gasteiger partial charge in [0.1, 0.15) is 11.5 Å². The third-order valence-electron chi connectivity index (χ3n) is 3.73. The van der Waals surface area contributed by atoms with Gasteiger partial charge in [-0.25, -0.2) is 0 Å². The van der Waals surface area contributed by atoms with E-state index in [-0.39, 0.29) is 0 Å². The fourth-order valence-corrected chi connectivity index (χ4v) is 2.33. The molecule has 0 heterocycles. The molecule has 0 aliphatic carbocycles. The minimum atomic E-state index is 0.860. The number of aryl methyl sites for hydroxylation is 1. The smallest absolute Gasteiger partial charge is 0.122 e. The fraction of sp³-hybridized carbons (Fsp3) is 0.647. The first-order valence-electron chi connectivity index (χ1n) is 7.88. The summed E-state index contributed by atoms with van der Waals surface area (Å²) in [4.78, 5) is 2.43. The highest BCUT2D eigenvalue weighted by molar-refractivity contribution is 5.38. The quantitative estimate of drug-likeness (QED) is 0.636. The van der Waals surface area contributed by atoms with Gasteiger partial charge in [0, 0.05) is 19.2 Å². The molecular weight excluding hydrogens is 264 g/mol. The van der Waals surface area contributed by atoms with Gasteiger partial charge in [-0.3, -0.25) is 0 Å². The normalized spacial score (nSPS) is 10.9. The van der Waals surface area contributed by atoms with E-state index in [1.54, 1.807) is 14.2 Å². The Morgan fingerprint density at radius 1 is 0.952 bits per heavy atom. The van der Waals surface area contributed by atoms with Crippen molar-refractivity contribution in [1.82, 2.24) is 10.2 Å². The maximum absolute atomic E-state index is 5.29. The fourth-order valence-electron chi connectivity index (χ4n) is 2.33. The maximum atomic E-state index is 5.29. The molecule has 21 heavy (non-hydrogen) atoms. The van der Waals surface area contributed by atoms with Crippen molar-refractivity contribution in [2.45, 2.75) is 26.7 Å². The van der Waals surface area contributed by atoms with E-state index in [2.05, 4.69) is 36.2 Å². The van der Waals surface area contributed by atoms with Crippen LogP contribution in [0.15, 0.2) is 18.2 Å². The summed E-state index contributed by atoms with van der Waals surface area (Å²) in [5.41, 5.74) is 1.26. The van der Waals surface area contributed by atoms with E-state index < -0.39 is 0 Å². The Bertz CT molecular complexity index is 370. The van der Waals surface area contributed by atoms with E-state index in [4.69, 9.17) is 9.47 Å². The van der Waals surface area contributed by atoms with E-state index in [1.165, 1.54) is 5.56 Å². The summed E-state index contributed by atoms with van der Waals surface area (Å²) >= 11 is 0. The van der Waals surface area contributed by atoms with Crippen molar-refractivity contribution < 1.29 is 9.47 Å². The summed E-state index contributed by atoms with van der Waals surface area (Å²) in [7, 11) is 3.38. The molecule has 1 rings (SSSR count). The van der Waals surface area contributed by atoms with Crippen LogP contribution >= 0.6 is 0 Å². The summed E-state index contributed by atoms with van der Waals surface area (Å²) in [5, 5.41) is 3.51. The number of rotatable bonds is 11. The van der Waals surface area contributed by atoms with Gasteiger partial charge in [-0.1, -0.05) is 13.8 Å². The molecule has 0 aliphatic rings. The van der Waals surface area contributed by atoms with Crippen molar-refractivity contribution in [3.8, 4) is 11.5 Å². The van der Waals surface area contributed by atoms with Crippen molar-refractivity contribution in [2.24, 2.45) is 0 Å². The van der Waals surface area contributed by atoms with Crippen LogP contribution in [0.25, 0.3) is 0 Å². The standard InChI is InChI=1S/C17H30N2O2/c1-5-19(6-2)11-10-18-9-7-8-15-12-16(20-3)14-17(13-15)21-4/h12-14,18H,5-11H2,1-4H3. The first-order valence-corrected chi connectivity index (χ1v) is 7.88. The molecule has 120 valence electrons. The van der Waals surface area contributed by atoms with Gasteiger partial charge >= 0.3 is 0 Å².